The molecular weight excluding hydrogens is 398 g/mol. The second-order valence-corrected chi connectivity index (χ2v) is 8.38. The lowest BCUT2D eigenvalue weighted by Crippen LogP contribution is -2.30. The summed E-state index contributed by atoms with van der Waals surface area (Å²) < 4.78 is 25.5. The van der Waals surface area contributed by atoms with Crippen molar-refractivity contribution < 1.29 is 22.8 Å². The van der Waals surface area contributed by atoms with Gasteiger partial charge in [-0.15, -0.1) is 0 Å². The van der Waals surface area contributed by atoms with Crippen LogP contribution in [-0.2, 0) is 20.4 Å². The number of hydrogen-bond donors (Lipinski definition) is 3. The average molecular weight is 413 g/mol. The van der Waals surface area contributed by atoms with Crippen LogP contribution in [0.4, 0.5) is 10.5 Å². The van der Waals surface area contributed by atoms with Gasteiger partial charge in [-0.25, -0.2) is 23.1 Å². The summed E-state index contributed by atoms with van der Waals surface area (Å²) in [6.45, 7) is -0.0990. The molecule has 0 radical (unpaired) electrons. The molecule has 0 saturated carbocycles. The molecule has 4 N–H and O–H groups in total. The maximum absolute atomic E-state index is 12.7. The second-order valence-electron chi connectivity index (χ2n) is 6.39. The van der Waals surface area contributed by atoms with Gasteiger partial charge in [-0.1, -0.05) is 6.07 Å². The van der Waals surface area contributed by atoms with Gasteiger partial charge in [0.05, 0.1) is 28.2 Å². The maximum atomic E-state index is 12.7. The number of nitrogens with one attached hydrogen (secondary N) is 2. The molecule has 4 rings (SSSR count). The predicted molar refractivity (Wildman–Crippen MR) is 103 cm³/mol. The molecule has 0 spiro atoms. The number of imide groups is 1. The minimum absolute atomic E-state index is 0.00360. The number of amides is 4. The van der Waals surface area contributed by atoms with Crippen LogP contribution in [0.2, 0.25) is 0 Å². The highest BCUT2D eigenvalue weighted by Gasteiger charge is 2.30. The van der Waals surface area contributed by atoms with E-state index in [1.54, 1.807) is 12.1 Å². The molecule has 0 bridgehead atoms. The van der Waals surface area contributed by atoms with Gasteiger partial charge in [-0.2, -0.15) is 0 Å². The molecule has 10 nitrogen and oxygen atoms in total. The van der Waals surface area contributed by atoms with E-state index in [0.717, 1.165) is 4.90 Å². The van der Waals surface area contributed by atoms with Crippen molar-refractivity contribution >= 4 is 44.4 Å². The maximum Gasteiger partial charge on any atom is 0.329 e. The van der Waals surface area contributed by atoms with Gasteiger partial charge in [0.15, 0.2) is 9.84 Å². The molecule has 2 heterocycles. The minimum atomic E-state index is -3.78. The van der Waals surface area contributed by atoms with E-state index in [9.17, 15) is 22.8 Å². The Morgan fingerprint density at radius 2 is 1.86 bits per heavy atom. The fourth-order valence-electron chi connectivity index (χ4n) is 3.10. The molecule has 0 unspecified atom stereocenters. The number of rotatable bonds is 5. The Balaban J connectivity index is 1.61. The summed E-state index contributed by atoms with van der Waals surface area (Å²) in [5, 5.41) is 2.39. The number of H-pyrrole nitrogens is 1. The summed E-state index contributed by atoms with van der Waals surface area (Å²) in [7, 11) is -3.78. The van der Waals surface area contributed by atoms with Gasteiger partial charge in [-0.05, 0) is 36.4 Å². The van der Waals surface area contributed by atoms with Crippen LogP contribution in [0.15, 0.2) is 47.4 Å². The number of benzene rings is 2. The summed E-state index contributed by atoms with van der Waals surface area (Å²) in [5.74, 6) is -1.35. The van der Waals surface area contributed by atoms with Crippen LogP contribution in [0.5, 0.6) is 0 Å². The number of urea groups is 1. The summed E-state index contributed by atoms with van der Waals surface area (Å²) in [6, 6.07) is 9.66. The normalized spacial score (nSPS) is 14.4. The number of nitrogens with two attached hydrogens (primary N) is 1. The average Bonchev–Trinajstić information content (AvgIpc) is 3.23. The van der Waals surface area contributed by atoms with E-state index in [0.29, 0.717) is 11.0 Å². The van der Waals surface area contributed by atoms with Gasteiger partial charge in [0, 0.05) is 0 Å². The number of anilines is 1. The first-order valence-electron chi connectivity index (χ1n) is 8.47. The van der Waals surface area contributed by atoms with Crippen molar-refractivity contribution in [2.24, 2.45) is 5.73 Å². The number of para-hydroxylation sites is 1. The molecule has 29 heavy (non-hydrogen) atoms. The number of hydrogen-bond acceptors (Lipinski definition) is 6. The predicted octanol–water partition coefficient (Wildman–Crippen LogP) is 0.692. The molecular formula is C18H15N5O5S. The Hall–Kier alpha value is -3.73. The molecule has 1 aliphatic rings. The van der Waals surface area contributed by atoms with E-state index < -0.39 is 33.4 Å². The third-order valence-corrected chi connectivity index (χ3v) is 6.10. The number of sulfone groups is 1. The van der Waals surface area contributed by atoms with Crippen molar-refractivity contribution in [2.75, 3.05) is 11.4 Å². The molecule has 3 aromatic rings. The molecule has 1 saturated heterocycles. The molecule has 1 fully saturated rings. The smallest absolute Gasteiger partial charge is 0.329 e. The van der Waals surface area contributed by atoms with Crippen molar-refractivity contribution in [2.45, 2.75) is 10.6 Å². The first-order valence-corrected chi connectivity index (χ1v) is 10.1. The fourth-order valence-corrected chi connectivity index (χ4v) is 4.31. The van der Waals surface area contributed by atoms with Crippen molar-refractivity contribution in [1.29, 1.82) is 0 Å². The lowest BCUT2D eigenvalue weighted by molar-refractivity contribution is -0.115. The van der Waals surface area contributed by atoms with Crippen molar-refractivity contribution in [3.8, 4) is 0 Å². The van der Waals surface area contributed by atoms with Crippen LogP contribution < -0.4 is 16.0 Å². The van der Waals surface area contributed by atoms with Crippen LogP contribution >= 0.6 is 0 Å². The first kappa shape index (κ1) is 18.6. The number of fused-ring (bicyclic) bond motifs is 1. The van der Waals surface area contributed by atoms with Crippen molar-refractivity contribution in [1.82, 2.24) is 15.3 Å². The SMILES string of the molecule is NC(=O)c1cccc2[nH]c(CS(=O)(=O)c3ccc(N4C(=O)CNC4=O)cc3)nc12. The zero-order valence-electron chi connectivity index (χ0n) is 14.9. The van der Waals surface area contributed by atoms with E-state index in [4.69, 9.17) is 5.73 Å². The lowest BCUT2D eigenvalue weighted by atomic mass is 10.2. The molecule has 1 aromatic heterocycles. The molecule has 148 valence electrons. The largest absolute Gasteiger partial charge is 0.366 e. The van der Waals surface area contributed by atoms with Crippen LogP contribution in [0.3, 0.4) is 0 Å². The highest BCUT2D eigenvalue weighted by molar-refractivity contribution is 7.90. The number of aromatic amines is 1. The van der Waals surface area contributed by atoms with E-state index in [-0.39, 0.29) is 28.5 Å². The Labute approximate surface area is 164 Å². The lowest BCUT2D eigenvalue weighted by Gasteiger charge is -2.12. The standard InChI is InChI=1S/C18H15N5O5S/c19-17(25)12-2-1-3-13-16(12)22-14(21-13)9-29(27,28)11-6-4-10(5-7-11)23-15(24)8-20-18(23)26/h1-7H,8-9H2,(H2,19,25)(H,20,26)(H,21,22). The Morgan fingerprint density at radius 3 is 2.48 bits per heavy atom. The van der Waals surface area contributed by atoms with Gasteiger partial charge >= 0.3 is 6.03 Å². The van der Waals surface area contributed by atoms with Gasteiger partial charge < -0.3 is 16.0 Å². The monoisotopic (exact) mass is 413 g/mol. The van der Waals surface area contributed by atoms with E-state index in [1.165, 1.54) is 30.3 Å². The molecule has 11 heteroatoms. The highest BCUT2D eigenvalue weighted by Crippen LogP contribution is 2.23. The van der Waals surface area contributed by atoms with Gasteiger partial charge in [0.25, 0.3) is 11.8 Å². The van der Waals surface area contributed by atoms with Crippen molar-refractivity contribution in [3.63, 3.8) is 0 Å². The van der Waals surface area contributed by atoms with Crippen LogP contribution in [-0.4, -0.2) is 42.8 Å². The van der Waals surface area contributed by atoms with E-state index in [2.05, 4.69) is 15.3 Å². The Bertz CT molecular complexity index is 1250. The fraction of sp³-hybridized carbons (Fsp3) is 0.111. The number of primary amides is 1. The van der Waals surface area contributed by atoms with E-state index in [1.807, 2.05) is 0 Å². The van der Waals surface area contributed by atoms with E-state index >= 15 is 0 Å². The highest BCUT2D eigenvalue weighted by atomic mass is 32.2. The third kappa shape index (κ3) is 3.31. The van der Waals surface area contributed by atoms with Crippen LogP contribution in [0.25, 0.3) is 11.0 Å². The number of carbonyl (C=O) groups excluding carboxylic acids is 3. The quantitative estimate of drug-likeness (QED) is 0.523. The summed E-state index contributed by atoms with van der Waals surface area (Å²) in [5.41, 5.74) is 6.60. The van der Waals surface area contributed by atoms with Gasteiger partial charge in [0.2, 0.25) is 0 Å². The van der Waals surface area contributed by atoms with Crippen LogP contribution in [0, 0.1) is 0 Å². The summed E-state index contributed by atoms with van der Waals surface area (Å²) in [4.78, 5) is 43.0. The molecule has 1 aliphatic heterocycles. The van der Waals surface area contributed by atoms with Crippen molar-refractivity contribution in [3.05, 3.63) is 53.9 Å². The molecule has 0 aliphatic carbocycles. The number of imidazole rings is 1. The number of aromatic nitrogens is 2. The Morgan fingerprint density at radius 1 is 1.14 bits per heavy atom. The topological polar surface area (TPSA) is 155 Å². The first-order chi connectivity index (χ1) is 13.8. The van der Waals surface area contributed by atoms with Gasteiger partial charge in [-0.3, -0.25) is 9.59 Å². The number of nitrogens with zero attached hydrogens (tertiary/aromatic N) is 2. The third-order valence-electron chi connectivity index (χ3n) is 4.45. The Kier molecular flexibility index (Phi) is 4.31. The molecule has 4 amide bonds. The number of carbonyl (C=O) groups is 3. The zero-order chi connectivity index (χ0) is 20.8. The van der Waals surface area contributed by atoms with Crippen LogP contribution in [0.1, 0.15) is 16.2 Å². The minimum Gasteiger partial charge on any atom is -0.366 e. The summed E-state index contributed by atoms with van der Waals surface area (Å²) in [6.07, 6.45) is 0. The zero-order valence-corrected chi connectivity index (χ0v) is 15.7. The molecule has 0 atom stereocenters. The molecule has 2 aromatic carbocycles. The van der Waals surface area contributed by atoms with Gasteiger partial charge in [0.1, 0.15) is 17.1 Å². The second kappa shape index (κ2) is 6.71. The summed E-state index contributed by atoms with van der Waals surface area (Å²) >= 11 is 0.